The van der Waals surface area contributed by atoms with E-state index in [1.54, 1.807) is 66.7 Å². The first-order chi connectivity index (χ1) is 18.4. The lowest BCUT2D eigenvalue weighted by Crippen LogP contribution is -2.48. The summed E-state index contributed by atoms with van der Waals surface area (Å²) >= 11 is 8.56. The maximum Gasteiger partial charge on any atom is 0.269 e. The highest BCUT2D eigenvalue weighted by atomic mass is 79.9. The minimum Gasteiger partial charge on any atom is -0.492 e. The average molecular weight is 598 g/mol. The second-order valence-electron chi connectivity index (χ2n) is 8.31. The summed E-state index contributed by atoms with van der Waals surface area (Å²) in [5, 5.41) is 5.22. The lowest BCUT2D eigenvalue weighted by molar-refractivity contribution is 0.0934. The molecule has 0 spiro atoms. The third-order valence-corrected chi connectivity index (χ3v) is 6.23. The van der Waals surface area contributed by atoms with E-state index < -0.39 is 11.8 Å². The Bertz CT molecular complexity index is 1270. The van der Waals surface area contributed by atoms with Crippen molar-refractivity contribution >= 4 is 56.7 Å². The van der Waals surface area contributed by atoms with Gasteiger partial charge in [0.15, 0.2) is 5.11 Å². The van der Waals surface area contributed by atoms with Crippen LogP contribution in [0.2, 0.25) is 0 Å². The predicted octanol–water partition coefficient (Wildman–Crippen LogP) is 5.61. The van der Waals surface area contributed by atoms with E-state index in [9.17, 15) is 14.4 Å². The molecule has 0 aliphatic carbocycles. The van der Waals surface area contributed by atoms with Crippen molar-refractivity contribution in [1.29, 1.82) is 0 Å². The fourth-order valence-corrected chi connectivity index (χ4v) is 4.00. The number of carbonyl (C=O) groups excluding carboxylic acids is 3. The van der Waals surface area contributed by atoms with Crippen LogP contribution in [0.5, 0.6) is 5.75 Å². The predicted molar refractivity (Wildman–Crippen MR) is 155 cm³/mol. The van der Waals surface area contributed by atoms with E-state index in [4.69, 9.17) is 17.0 Å². The SMILES string of the molecule is CCCCCCOc1ccc(C(=O)NC(=S)NNC(=O)c2ccc(NC(=O)c3ccccc3)cc2)cc1Br. The highest BCUT2D eigenvalue weighted by molar-refractivity contribution is 9.10. The zero-order valence-electron chi connectivity index (χ0n) is 20.9. The third-order valence-electron chi connectivity index (χ3n) is 5.41. The number of hydrogen-bond donors (Lipinski definition) is 4. The number of halogens is 1. The molecule has 8 nitrogen and oxygen atoms in total. The molecule has 0 bridgehead atoms. The van der Waals surface area contributed by atoms with Crippen molar-refractivity contribution in [2.75, 3.05) is 11.9 Å². The van der Waals surface area contributed by atoms with Crippen molar-refractivity contribution in [2.24, 2.45) is 0 Å². The van der Waals surface area contributed by atoms with Crippen LogP contribution in [0.3, 0.4) is 0 Å². The van der Waals surface area contributed by atoms with Crippen molar-refractivity contribution in [3.05, 3.63) is 94.0 Å². The summed E-state index contributed by atoms with van der Waals surface area (Å²) in [5.74, 6) is -0.491. The standard InChI is InChI=1S/C28H29BrN4O4S/c1-2-3-4-8-17-37-24-16-13-21(18-23(24)29)26(35)31-28(38)33-32-27(36)20-11-14-22(15-12-20)30-25(34)19-9-6-5-7-10-19/h5-7,9-16,18H,2-4,8,17H2,1H3,(H,30,34)(H,32,36)(H2,31,33,35,38). The number of ether oxygens (including phenoxy) is 1. The smallest absolute Gasteiger partial charge is 0.269 e. The zero-order chi connectivity index (χ0) is 27.3. The Morgan fingerprint density at radius 1 is 0.789 bits per heavy atom. The van der Waals surface area contributed by atoms with Crippen LogP contribution in [0.25, 0.3) is 0 Å². The van der Waals surface area contributed by atoms with Gasteiger partial charge < -0.3 is 10.1 Å². The first-order valence-electron chi connectivity index (χ1n) is 12.2. The molecule has 0 radical (unpaired) electrons. The van der Waals surface area contributed by atoms with Crippen LogP contribution in [0, 0.1) is 0 Å². The van der Waals surface area contributed by atoms with Crippen LogP contribution in [0.4, 0.5) is 5.69 Å². The van der Waals surface area contributed by atoms with Gasteiger partial charge in [0, 0.05) is 22.4 Å². The summed E-state index contributed by atoms with van der Waals surface area (Å²) in [5.41, 5.74) is 6.74. The number of nitrogens with one attached hydrogen (secondary N) is 4. The molecule has 38 heavy (non-hydrogen) atoms. The van der Waals surface area contributed by atoms with E-state index in [0.29, 0.717) is 39.2 Å². The molecule has 0 aliphatic rings. The van der Waals surface area contributed by atoms with Crippen LogP contribution in [0.1, 0.15) is 63.7 Å². The minimum atomic E-state index is -0.467. The summed E-state index contributed by atoms with van der Waals surface area (Å²) in [6.07, 6.45) is 4.44. The summed E-state index contributed by atoms with van der Waals surface area (Å²) in [6, 6.07) is 20.2. The average Bonchev–Trinajstić information content (AvgIpc) is 2.93. The van der Waals surface area contributed by atoms with E-state index in [-0.39, 0.29) is 11.0 Å². The molecule has 3 amide bonds. The molecule has 3 aromatic carbocycles. The molecule has 0 saturated carbocycles. The van der Waals surface area contributed by atoms with Gasteiger partial charge in [-0.1, -0.05) is 44.4 Å². The molecule has 10 heteroatoms. The van der Waals surface area contributed by atoms with E-state index >= 15 is 0 Å². The lowest BCUT2D eigenvalue weighted by atomic mass is 10.1. The van der Waals surface area contributed by atoms with Crippen molar-refractivity contribution in [3.63, 3.8) is 0 Å². The highest BCUT2D eigenvalue weighted by Gasteiger charge is 2.12. The fraction of sp³-hybridized carbons (Fsp3) is 0.214. The number of unbranched alkanes of at least 4 members (excludes halogenated alkanes) is 3. The van der Waals surface area contributed by atoms with E-state index in [0.717, 1.165) is 19.3 Å². The molecule has 0 aromatic heterocycles. The molecule has 0 saturated heterocycles. The van der Waals surface area contributed by atoms with Crippen LogP contribution < -0.4 is 26.2 Å². The van der Waals surface area contributed by atoms with Gasteiger partial charge in [-0.2, -0.15) is 0 Å². The number of rotatable bonds is 10. The van der Waals surface area contributed by atoms with E-state index in [1.165, 1.54) is 6.42 Å². The molecular formula is C28H29BrN4O4S. The molecule has 0 heterocycles. The number of anilines is 1. The van der Waals surface area contributed by atoms with Gasteiger partial charge in [0.2, 0.25) is 0 Å². The molecule has 3 aromatic rings. The van der Waals surface area contributed by atoms with Crippen molar-refractivity contribution < 1.29 is 19.1 Å². The Morgan fingerprint density at radius 3 is 2.16 bits per heavy atom. The van der Waals surface area contributed by atoms with Gasteiger partial charge in [-0.25, -0.2) is 0 Å². The number of benzene rings is 3. The monoisotopic (exact) mass is 596 g/mol. The van der Waals surface area contributed by atoms with Gasteiger partial charge in [0.25, 0.3) is 17.7 Å². The van der Waals surface area contributed by atoms with Crippen LogP contribution >= 0.6 is 28.1 Å². The molecule has 198 valence electrons. The van der Waals surface area contributed by atoms with Gasteiger partial charge in [-0.05, 0) is 89.2 Å². The zero-order valence-corrected chi connectivity index (χ0v) is 23.3. The molecule has 3 rings (SSSR count). The highest BCUT2D eigenvalue weighted by Crippen LogP contribution is 2.26. The molecular weight excluding hydrogens is 568 g/mol. The minimum absolute atomic E-state index is 0.0672. The van der Waals surface area contributed by atoms with Crippen LogP contribution in [0.15, 0.2) is 77.3 Å². The third kappa shape index (κ3) is 8.97. The lowest BCUT2D eigenvalue weighted by Gasteiger charge is -2.12. The van der Waals surface area contributed by atoms with Crippen molar-refractivity contribution in [1.82, 2.24) is 16.2 Å². The summed E-state index contributed by atoms with van der Waals surface area (Å²) in [7, 11) is 0. The first-order valence-corrected chi connectivity index (χ1v) is 13.4. The Morgan fingerprint density at radius 2 is 1.47 bits per heavy atom. The quantitative estimate of drug-likeness (QED) is 0.138. The van der Waals surface area contributed by atoms with Crippen molar-refractivity contribution in [3.8, 4) is 5.75 Å². The Hall–Kier alpha value is -3.76. The molecule has 0 fully saturated rings. The van der Waals surface area contributed by atoms with E-state index in [1.807, 2.05) is 6.07 Å². The van der Waals surface area contributed by atoms with Gasteiger partial charge >= 0.3 is 0 Å². The Kier molecular flexibility index (Phi) is 11.3. The van der Waals surface area contributed by atoms with Crippen LogP contribution in [-0.2, 0) is 0 Å². The fourth-order valence-electron chi connectivity index (χ4n) is 3.36. The number of amides is 3. The van der Waals surface area contributed by atoms with Gasteiger partial charge in [0.1, 0.15) is 5.75 Å². The van der Waals surface area contributed by atoms with E-state index in [2.05, 4.69) is 44.3 Å². The molecule has 0 aliphatic heterocycles. The number of hydrogen-bond acceptors (Lipinski definition) is 5. The summed E-state index contributed by atoms with van der Waals surface area (Å²) < 4.78 is 6.43. The molecule has 0 unspecified atom stereocenters. The summed E-state index contributed by atoms with van der Waals surface area (Å²) in [6.45, 7) is 2.77. The van der Waals surface area contributed by atoms with Crippen LogP contribution in [-0.4, -0.2) is 29.4 Å². The Balaban J connectivity index is 1.44. The topological polar surface area (TPSA) is 109 Å². The number of hydrazine groups is 1. The maximum atomic E-state index is 12.5. The van der Waals surface area contributed by atoms with Gasteiger partial charge in [-0.3, -0.25) is 30.6 Å². The van der Waals surface area contributed by atoms with Gasteiger partial charge in [0.05, 0.1) is 11.1 Å². The summed E-state index contributed by atoms with van der Waals surface area (Å²) in [4.78, 5) is 37.2. The first kappa shape index (κ1) is 28.8. The second-order valence-corrected chi connectivity index (χ2v) is 9.58. The molecule has 4 N–H and O–H groups in total. The van der Waals surface area contributed by atoms with Gasteiger partial charge in [-0.15, -0.1) is 0 Å². The number of thiocarbonyl (C=S) groups is 1. The van der Waals surface area contributed by atoms with Crippen molar-refractivity contribution in [2.45, 2.75) is 32.6 Å². The largest absolute Gasteiger partial charge is 0.492 e. The number of carbonyl (C=O) groups is 3. The maximum absolute atomic E-state index is 12.5. The normalized spacial score (nSPS) is 10.3. The Labute approximate surface area is 235 Å². The second kappa shape index (κ2) is 14.8. The molecule has 0 atom stereocenters.